The van der Waals surface area contributed by atoms with Crippen LogP contribution in [0, 0.1) is 11.3 Å². The molecule has 2 unspecified atom stereocenters. The molecule has 0 saturated carbocycles. The lowest BCUT2D eigenvalue weighted by Crippen LogP contribution is -2.46. The number of nitrogens with one attached hydrogen (secondary N) is 2. The average molecular weight is 337 g/mol. The maximum atomic E-state index is 4.37. The van der Waals surface area contributed by atoms with Gasteiger partial charge in [-0.3, -0.25) is 9.89 Å². The van der Waals surface area contributed by atoms with Crippen molar-refractivity contribution in [3.8, 4) is 0 Å². The van der Waals surface area contributed by atoms with Crippen LogP contribution < -0.4 is 10.6 Å². The number of thiophene rings is 1. The Kier molecular flexibility index (Phi) is 6.48. The van der Waals surface area contributed by atoms with Crippen LogP contribution in [0.5, 0.6) is 0 Å². The monoisotopic (exact) mass is 336 g/mol. The SMILES string of the molecule is CN=C(NCC1CCCN(C)C1c1cccs1)NCC(C)(C)C. The Morgan fingerprint density at radius 2 is 2.17 bits per heavy atom. The minimum atomic E-state index is 0.252. The first-order chi connectivity index (χ1) is 10.9. The van der Waals surface area contributed by atoms with E-state index < -0.39 is 0 Å². The van der Waals surface area contributed by atoms with E-state index in [9.17, 15) is 0 Å². The van der Waals surface area contributed by atoms with Crippen LogP contribution >= 0.6 is 11.3 Å². The molecule has 1 fully saturated rings. The molecule has 2 rings (SSSR count). The van der Waals surface area contributed by atoms with Crippen LogP contribution in [0.3, 0.4) is 0 Å². The largest absolute Gasteiger partial charge is 0.356 e. The van der Waals surface area contributed by atoms with E-state index in [2.05, 4.69) is 65.9 Å². The second-order valence-corrected chi connectivity index (χ2v) is 8.69. The summed E-state index contributed by atoms with van der Waals surface area (Å²) < 4.78 is 0. The smallest absolute Gasteiger partial charge is 0.191 e. The summed E-state index contributed by atoms with van der Waals surface area (Å²) in [6.45, 7) is 9.78. The van der Waals surface area contributed by atoms with E-state index in [1.54, 1.807) is 0 Å². The molecule has 0 bridgehead atoms. The topological polar surface area (TPSA) is 39.7 Å². The van der Waals surface area contributed by atoms with Crippen LogP contribution in [0.25, 0.3) is 0 Å². The summed E-state index contributed by atoms with van der Waals surface area (Å²) in [5, 5.41) is 9.17. The summed E-state index contributed by atoms with van der Waals surface area (Å²) in [4.78, 5) is 8.36. The lowest BCUT2D eigenvalue weighted by atomic mass is 9.88. The van der Waals surface area contributed by atoms with Crippen LogP contribution in [-0.2, 0) is 0 Å². The average Bonchev–Trinajstić information content (AvgIpc) is 3.00. The van der Waals surface area contributed by atoms with Gasteiger partial charge in [0.25, 0.3) is 0 Å². The molecule has 0 aromatic carbocycles. The molecule has 1 aromatic rings. The van der Waals surface area contributed by atoms with E-state index >= 15 is 0 Å². The third kappa shape index (κ3) is 5.50. The van der Waals surface area contributed by atoms with E-state index in [1.165, 1.54) is 24.3 Å². The number of nitrogens with zero attached hydrogens (tertiary/aromatic N) is 2. The van der Waals surface area contributed by atoms with E-state index in [0.29, 0.717) is 12.0 Å². The molecular weight excluding hydrogens is 304 g/mol. The van der Waals surface area contributed by atoms with E-state index in [4.69, 9.17) is 0 Å². The third-order valence-electron chi connectivity index (χ3n) is 4.38. The highest BCUT2D eigenvalue weighted by Gasteiger charge is 2.31. The zero-order chi connectivity index (χ0) is 16.9. The maximum absolute atomic E-state index is 4.37. The molecule has 23 heavy (non-hydrogen) atoms. The van der Waals surface area contributed by atoms with Crippen molar-refractivity contribution in [1.29, 1.82) is 0 Å². The number of aliphatic imine (C=N–C) groups is 1. The third-order valence-corrected chi connectivity index (χ3v) is 5.33. The Morgan fingerprint density at radius 3 is 2.78 bits per heavy atom. The molecule has 1 aliphatic rings. The van der Waals surface area contributed by atoms with Crippen molar-refractivity contribution >= 4 is 17.3 Å². The Labute approximate surface area is 145 Å². The van der Waals surface area contributed by atoms with Gasteiger partial charge >= 0.3 is 0 Å². The molecule has 2 atom stereocenters. The molecular formula is C18H32N4S. The van der Waals surface area contributed by atoms with E-state index in [1.807, 2.05) is 18.4 Å². The first kappa shape index (κ1) is 18.3. The van der Waals surface area contributed by atoms with Gasteiger partial charge in [0.2, 0.25) is 0 Å². The van der Waals surface area contributed by atoms with E-state index in [0.717, 1.165) is 19.0 Å². The molecule has 0 aliphatic carbocycles. The molecule has 1 aliphatic heterocycles. The zero-order valence-electron chi connectivity index (χ0n) is 15.2. The first-order valence-corrected chi connectivity index (χ1v) is 9.47. The van der Waals surface area contributed by atoms with Crippen LogP contribution in [0.1, 0.15) is 44.5 Å². The molecule has 2 N–H and O–H groups in total. The van der Waals surface area contributed by atoms with Crippen molar-refractivity contribution in [3.63, 3.8) is 0 Å². The Hall–Kier alpha value is -1.07. The van der Waals surface area contributed by atoms with Gasteiger partial charge < -0.3 is 10.6 Å². The quantitative estimate of drug-likeness (QED) is 0.654. The Morgan fingerprint density at radius 1 is 1.39 bits per heavy atom. The number of likely N-dealkylation sites (tertiary alicyclic amines) is 1. The van der Waals surface area contributed by atoms with Gasteiger partial charge in [0.15, 0.2) is 5.96 Å². The molecule has 4 nitrogen and oxygen atoms in total. The minimum Gasteiger partial charge on any atom is -0.356 e. The molecule has 130 valence electrons. The number of rotatable bonds is 4. The van der Waals surface area contributed by atoms with Crippen molar-refractivity contribution in [2.45, 2.75) is 39.7 Å². The summed E-state index contributed by atoms with van der Waals surface area (Å²) in [6, 6.07) is 4.96. The number of hydrogen-bond acceptors (Lipinski definition) is 3. The van der Waals surface area contributed by atoms with Crippen molar-refractivity contribution in [2.24, 2.45) is 16.3 Å². The molecule has 0 radical (unpaired) electrons. The molecule has 0 spiro atoms. The van der Waals surface area contributed by atoms with Crippen LogP contribution in [-0.4, -0.2) is 44.6 Å². The summed E-state index contributed by atoms with van der Waals surface area (Å²) in [6.07, 6.45) is 2.55. The Bertz CT molecular complexity index is 490. The highest BCUT2D eigenvalue weighted by molar-refractivity contribution is 7.10. The fourth-order valence-corrected chi connectivity index (χ4v) is 4.16. The predicted octanol–water partition coefficient (Wildman–Crippen LogP) is 3.34. The number of hydrogen-bond donors (Lipinski definition) is 2. The summed E-state index contributed by atoms with van der Waals surface area (Å²) in [5.41, 5.74) is 0.252. The zero-order valence-corrected chi connectivity index (χ0v) is 16.0. The highest BCUT2D eigenvalue weighted by atomic mass is 32.1. The van der Waals surface area contributed by atoms with Gasteiger partial charge in [-0.15, -0.1) is 11.3 Å². The fourth-order valence-electron chi connectivity index (χ4n) is 3.18. The summed E-state index contributed by atoms with van der Waals surface area (Å²) >= 11 is 1.88. The van der Waals surface area contributed by atoms with Gasteiger partial charge in [-0.1, -0.05) is 26.8 Å². The molecule has 1 saturated heterocycles. The van der Waals surface area contributed by atoms with Gasteiger partial charge in [0, 0.05) is 31.1 Å². The standard InChI is InChI=1S/C18H32N4S/c1-18(2,3)13-21-17(19-4)20-12-14-8-6-10-22(5)16(14)15-9-7-11-23-15/h7,9,11,14,16H,6,8,10,12-13H2,1-5H3,(H2,19,20,21). The van der Waals surface area contributed by atoms with Crippen LogP contribution in [0.2, 0.25) is 0 Å². The highest BCUT2D eigenvalue weighted by Crippen LogP contribution is 2.36. The minimum absolute atomic E-state index is 0.252. The van der Waals surface area contributed by atoms with Crippen LogP contribution in [0.4, 0.5) is 0 Å². The van der Waals surface area contributed by atoms with Crippen LogP contribution in [0.15, 0.2) is 22.5 Å². The van der Waals surface area contributed by atoms with Crippen molar-refractivity contribution < 1.29 is 0 Å². The maximum Gasteiger partial charge on any atom is 0.191 e. The van der Waals surface area contributed by atoms with Crippen molar-refractivity contribution in [1.82, 2.24) is 15.5 Å². The summed E-state index contributed by atoms with van der Waals surface area (Å²) in [5.74, 6) is 1.54. The first-order valence-electron chi connectivity index (χ1n) is 8.59. The van der Waals surface area contributed by atoms with Gasteiger partial charge in [-0.2, -0.15) is 0 Å². The Balaban J connectivity index is 1.94. The van der Waals surface area contributed by atoms with Crippen molar-refractivity contribution in [3.05, 3.63) is 22.4 Å². The van der Waals surface area contributed by atoms with Gasteiger partial charge in [-0.25, -0.2) is 0 Å². The molecule has 0 amide bonds. The number of piperidine rings is 1. The second kappa shape index (κ2) is 8.15. The lowest BCUT2D eigenvalue weighted by Gasteiger charge is -2.39. The molecule has 2 heterocycles. The molecule has 5 heteroatoms. The second-order valence-electron chi connectivity index (χ2n) is 7.71. The summed E-state index contributed by atoms with van der Waals surface area (Å²) in [7, 11) is 4.10. The number of guanidine groups is 1. The predicted molar refractivity (Wildman–Crippen MR) is 101 cm³/mol. The molecule has 1 aromatic heterocycles. The fraction of sp³-hybridized carbons (Fsp3) is 0.722. The van der Waals surface area contributed by atoms with Crippen molar-refractivity contribution in [2.75, 3.05) is 33.7 Å². The van der Waals surface area contributed by atoms with Gasteiger partial charge in [-0.05, 0) is 49.2 Å². The van der Waals surface area contributed by atoms with E-state index in [-0.39, 0.29) is 5.41 Å². The normalized spacial score (nSPS) is 23.8. The van der Waals surface area contributed by atoms with Gasteiger partial charge in [0.1, 0.15) is 0 Å². The van der Waals surface area contributed by atoms with Gasteiger partial charge in [0.05, 0.1) is 0 Å². The lowest BCUT2D eigenvalue weighted by molar-refractivity contribution is 0.125.